The van der Waals surface area contributed by atoms with Gasteiger partial charge in [0.2, 0.25) is 0 Å². The molecule has 0 aliphatic heterocycles. The maximum atomic E-state index is 6.84. The van der Waals surface area contributed by atoms with Gasteiger partial charge in [-0.25, -0.2) is 15.0 Å². The minimum absolute atomic E-state index is 0.549. The molecule has 5 nitrogen and oxygen atoms in total. The molecule has 0 fully saturated rings. The first kappa shape index (κ1) is 35.0. The Labute approximate surface area is 366 Å². The molecule has 5 heteroatoms. The van der Waals surface area contributed by atoms with E-state index in [1.54, 1.807) is 0 Å². The molecule has 0 bridgehead atoms. The second-order valence-electron chi connectivity index (χ2n) is 16.8. The predicted octanol–water partition coefficient (Wildman–Crippen LogP) is 15.6. The molecule has 0 amide bonds. The zero-order chi connectivity index (χ0) is 41.9. The number of fused-ring (bicyclic) bond motifs is 14. The van der Waals surface area contributed by atoms with Crippen LogP contribution in [-0.2, 0) is 0 Å². The number of rotatable bonds is 4. The van der Waals surface area contributed by atoms with Crippen LogP contribution >= 0.6 is 0 Å². The molecule has 0 atom stereocenters. The van der Waals surface area contributed by atoms with E-state index in [4.69, 9.17) is 19.4 Å². The van der Waals surface area contributed by atoms with Crippen LogP contribution in [0.4, 0.5) is 0 Å². The third-order valence-electron chi connectivity index (χ3n) is 13.1. The van der Waals surface area contributed by atoms with Gasteiger partial charge in [0, 0.05) is 43.7 Å². The summed E-state index contributed by atoms with van der Waals surface area (Å²) >= 11 is 0. The highest BCUT2D eigenvalue weighted by Crippen LogP contribution is 2.44. The van der Waals surface area contributed by atoms with E-state index in [-0.39, 0.29) is 0 Å². The third kappa shape index (κ3) is 5.22. The van der Waals surface area contributed by atoms with Crippen LogP contribution in [0.5, 0.6) is 0 Å². The molecule has 14 rings (SSSR count). The molecule has 0 saturated carbocycles. The van der Waals surface area contributed by atoms with Crippen molar-refractivity contribution >= 4 is 97.6 Å². The van der Waals surface area contributed by atoms with Crippen LogP contribution in [0.3, 0.4) is 0 Å². The smallest absolute Gasteiger partial charge is 0.167 e. The zero-order valence-corrected chi connectivity index (χ0v) is 34.3. The maximum Gasteiger partial charge on any atom is 0.167 e. The fraction of sp³-hybridized carbons (Fsp3) is 0. The molecule has 11 aromatic carbocycles. The van der Waals surface area contributed by atoms with Crippen LogP contribution in [0.1, 0.15) is 0 Å². The molecule has 0 radical (unpaired) electrons. The van der Waals surface area contributed by atoms with Crippen LogP contribution in [0.2, 0.25) is 0 Å². The summed E-state index contributed by atoms with van der Waals surface area (Å²) in [5.74, 6) is 1.75. The van der Waals surface area contributed by atoms with Crippen molar-refractivity contribution in [2.45, 2.75) is 0 Å². The van der Waals surface area contributed by atoms with Gasteiger partial charge in [-0.1, -0.05) is 164 Å². The minimum atomic E-state index is 0.549. The molecule has 64 heavy (non-hydrogen) atoms. The maximum absolute atomic E-state index is 6.84. The van der Waals surface area contributed by atoms with E-state index in [0.29, 0.717) is 17.5 Å². The van der Waals surface area contributed by atoms with Crippen LogP contribution in [-0.4, -0.2) is 19.5 Å². The Kier molecular flexibility index (Phi) is 7.33. The van der Waals surface area contributed by atoms with Gasteiger partial charge in [0.1, 0.15) is 11.2 Å². The Balaban J connectivity index is 1.05. The minimum Gasteiger partial charge on any atom is -0.455 e. The number of aromatic nitrogens is 4. The third-order valence-corrected chi connectivity index (χ3v) is 13.1. The molecule has 0 aliphatic rings. The van der Waals surface area contributed by atoms with Crippen molar-refractivity contribution in [3.63, 3.8) is 0 Å². The summed E-state index contributed by atoms with van der Waals surface area (Å²) in [5, 5.41) is 16.3. The first-order chi connectivity index (χ1) is 31.7. The van der Waals surface area contributed by atoms with Crippen molar-refractivity contribution in [2.75, 3.05) is 0 Å². The average Bonchev–Trinajstić information content (AvgIpc) is 3.91. The fourth-order valence-electron chi connectivity index (χ4n) is 10.2. The van der Waals surface area contributed by atoms with E-state index in [1.807, 2.05) is 30.3 Å². The summed E-state index contributed by atoms with van der Waals surface area (Å²) in [7, 11) is 0. The molecule has 0 N–H and O–H groups in total. The molecule has 0 unspecified atom stereocenters. The molecule has 0 saturated heterocycles. The van der Waals surface area contributed by atoms with E-state index >= 15 is 0 Å². The molecule has 3 heterocycles. The number of nitrogens with zero attached hydrogens (tertiary/aromatic N) is 4. The average molecular weight is 815 g/mol. The van der Waals surface area contributed by atoms with Crippen LogP contribution in [0.15, 0.2) is 211 Å². The van der Waals surface area contributed by atoms with Crippen molar-refractivity contribution in [1.82, 2.24) is 19.5 Å². The summed E-state index contributed by atoms with van der Waals surface area (Å²) in [5.41, 5.74) is 7.62. The second-order valence-corrected chi connectivity index (χ2v) is 16.8. The Hall–Kier alpha value is -8.67. The highest BCUT2D eigenvalue weighted by Gasteiger charge is 2.22. The predicted molar refractivity (Wildman–Crippen MR) is 265 cm³/mol. The van der Waals surface area contributed by atoms with E-state index in [1.165, 1.54) is 54.0 Å². The lowest BCUT2D eigenvalue weighted by molar-refractivity contribution is 0.670. The number of para-hydroxylation sites is 1. The van der Waals surface area contributed by atoms with Gasteiger partial charge in [-0.15, -0.1) is 0 Å². The zero-order valence-electron chi connectivity index (χ0n) is 34.3. The lowest BCUT2D eigenvalue weighted by Crippen LogP contribution is -2.01. The molecular weight excluding hydrogens is 781 g/mol. The first-order valence-electron chi connectivity index (χ1n) is 21.7. The Morgan fingerprint density at radius 1 is 0.344 bits per heavy atom. The SMILES string of the molecule is c1ccc(-c2nc(-c3ccc4c(ccc5ccccc54)c3)nc(-c3cc4cc(-n5c6cc7ccccc7cc6c6ccc7ccccc7c65)ccc4c4c3oc3ccccc34)n2)cc1. The largest absolute Gasteiger partial charge is 0.455 e. The first-order valence-corrected chi connectivity index (χ1v) is 21.7. The van der Waals surface area contributed by atoms with Gasteiger partial charge in [-0.2, -0.15) is 0 Å². The Morgan fingerprint density at radius 3 is 1.80 bits per heavy atom. The molecule has 14 aromatic rings. The number of benzene rings is 11. The van der Waals surface area contributed by atoms with Crippen molar-refractivity contribution < 1.29 is 4.42 Å². The highest BCUT2D eigenvalue weighted by molar-refractivity contribution is 6.24. The molecule has 0 aliphatic carbocycles. The monoisotopic (exact) mass is 814 g/mol. The van der Waals surface area contributed by atoms with E-state index in [0.717, 1.165) is 66.0 Å². The van der Waals surface area contributed by atoms with Gasteiger partial charge in [0.15, 0.2) is 17.5 Å². The van der Waals surface area contributed by atoms with Gasteiger partial charge in [-0.05, 0) is 90.9 Å². The summed E-state index contributed by atoms with van der Waals surface area (Å²) in [6.07, 6.45) is 0. The summed E-state index contributed by atoms with van der Waals surface area (Å²) in [6.45, 7) is 0. The standard InChI is InChI=1S/C59H34N4O/c1-2-14-37(15-3-1)57-60-58(41-25-27-45-40(30-41)23-22-35-12-6-8-18-44(35)45)62-59(61-57)51-33-42-31-43(26-29-46(42)54-49-20-10-11-21-53(49)64-56(51)54)63-52-34-39-17-5-4-16-38(39)32-50(52)48-28-24-36-13-7-9-19-47(36)55(48)63/h1-34H. The van der Waals surface area contributed by atoms with Gasteiger partial charge in [-0.3, -0.25) is 0 Å². The summed E-state index contributed by atoms with van der Waals surface area (Å²) < 4.78 is 9.29. The Morgan fingerprint density at radius 2 is 0.953 bits per heavy atom. The summed E-state index contributed by atoms with van der Waals surface area (Å²) in [4.78, 5) is 15.7. The quantitative estimate of drug-likeness (QED) is 0.166. The van der Waals surface area contributed by atoms with Gasteiger partial charge >= 0.3 is 0 Å². The summed E-state index contributed by atoms with van der Waals surface area (Å²) in [6, 6.07) is 73.5. The Bertz CT molecular complexity index is 4260. The lowest BCUT2D eigenvalue weighted by Gasteiger charge is -2.13. The molecule has 296 valence electrons. The topological polar surface area (TPSA) is 56.7 Å². The van der Waals surface area contributed by atoms with Crippen LogP contribution in [0.25, 0.3) is 137 Å². The van der Waals surface area contributed by atoms with Gasteiger partial charge in [0.05, 0.1) is 16.6 Å². The molecular formula is C59H34N4O. The second kappa shape index (κ2) is 13.4. The number of hydrogen-bond acceptors (Lipinski definition) is 4. The van der Waals surface area contributed by atoms with E-state index in [9.17, 15) is 0 Å². The van der Waals surface area contributed by atoms with Crippen molar-refractivity contribution in [3.05, 3.63) is 206 Å². The van der Waals surface area contributed by atoms with Crippen molar-refractivity contribution in [1.29, 1.82) is 0 Å². The fourth-order valence-corrected chi connectivity index (χ4v) is 10.2. The highest BCUT2D eigenvalue weighted by atomic mass is 16.3. The van der Waals surface area contributed by atoms with E-state index < -0.39 is 0 Å². The van der Waals surface area contributed by atoms with E-state index in [2.05, 4.69) is 180 Å². The number of hydrogen-bond donors (Lipinski definition) is 0. The molecule has 0 spiro atoms. The van der Waals surface area contributed by atoms with Gasteiger partial charge < -0.3 is 8.98 Å². The van der Waals surface area contributed by atoms with Crippen LogP contribution in [0, 0.1) is 0 Å². The van der Waals surface area contributed by atoms with Gasteiger partial charge in [0.25, 0.3) is 0 Å². The van der Waals surface area contributed by atoms with Crippen molar-refractivity contribution in [3.8, 4) is 39.9 Å². The van der Waals surface area contributed by atoms with Crippen molar-refractivity contribution in [2.24, 2.45) is 0 Å². The molecule has 3 aromatic heterocycles. The normalized spacial score (nSPS) is 12.1. The lowest BCUT2D eigenvalue weighted by atomic mass is 9.98. The number of furan rings is 1. The van der Waals surface area contributed by atoms with Crippen LogP contribution < -0.4 is 0 Å².